The van der Waals surface area contributed by atoms with Crippen LogP contribution in [0.1, 0.15) is 10.4 Å². The third-order valence-corrected chi connectivity index (χ3v) is 4.88. The van der Waals surface area contributed by atoms with Crippen LogP contribution in [0.3, 0.4) is 0 Å². The van der Waals surface area contributed by atoms with Crippen molar-refractivity contribution in [2.45, 2.75) is 0 Å². The van der Waals surface area contributed by atoms with E-state index in [1.807, 2.05) is 5.32 Å². The van der Waals surface area contributed by atoms with Gasteiger partial charge in [0, 0.05) is 34.3 Å². The van der Waals surface area contributed by atoms with Gasteiger partial charge in [-0.05, 0) is 42.0 Å². The maximum absolute atomic E-state index is 12.1. The van der Waals surface area contributed by atoms with Gasteiger partial charge in [0.25, 0.3) is 0 Å². The minimum absolute atomic E-state index is 0.0682. The van der Waals surface area contributed by atoms with Gasteiger partial charge in [-0.25, -0.2) is 9.59 Å². The van der Waals surface area contributed by atoms with Crippen molar-refractivity contribution in [1.82, 2.24) is 5.32 Å². The molecular formula is C23H16N2O8. The molecule has 10 nitrogen and oxygen atoms in total. The number of carboxylic acid groups (broad SMARTS) is 2. The molecule has 0 radical (unpaired) electrons. The van der Waals surface area contributed by atoms with Crippen molar-refractivity contribution in [2.24, 2.45) is 0 Å². The number of amides is 2. The van der Waals surface area contributed by atoms with Crippen molar-refractivity contribution < 1.29 is 34.1 Å². The molecule has 2 aromatic rings. The largest absolute Gasteiger partial charge is 0.508 e. The molecule has 1 heterocycles. The van der Waals surface area contributed by atoms with E-state index in [-0.39, 0.29) is 33.8 Å². The zero-order valence-corrected chi connectivity index (χ0v) is 16.8. The van der Waals surface area contributed by atoms with Crippen LogP contribution in [0.15, 0.2) is 63.8 Å². The lowest BCUT2D eigenvalue weighted by atomic mass is 9.90. The summed E-state index contributed by atoms with van der Waals surface area (Å²) >= 11 is 0. The van der Waals surface area contributed by atoms with Gasteiger partial charge in [0.15, 0.2) is 5.43 Å². The Bertz CT molecular complexity index is 1460. The highest BCUT2D eigenvalue weighted by molar-refractivity contribution is 6.08. The van der Waals surface area contributed by atoms with E-state index in [2.05, 4.69) is 5.32 Å². The minimum Gasteiger partial charge on any atom is -0.508 e. The van der Waals surface area contributed by atoms with Gasteiger partial charge in [0.1, 0.15) is 23.6 Å². The van der Waals surface area contributed by atoms with Crippen LogP contribution >= 0.6 is 0 Å². The molecule has 2 aliphatic rings. The lowest BCUT2D eigenvalue weighted by molar-refractivity contribution is -0.115. The van der Waals surface area contributed by atoms with Crippen molar-refractivity contribution in [3.63, 3.8) is 0 Å². The van der Waals surface area contributed by atoms with Crippen molar-refractivity contribution in [1.29, 1.82) is 0 Å². The van der Waals surface area contributed by atoms with E-state index in [1.54, 1.807) is 6.07 Å². The molecule has 1 aliphatic carbocycles. The average Bonchev–Trinajstić information content (AvgIpc) is 2.76. The van der Waals surface area contributed by atoms with Gasteiger partial charge in [-0.15, -0.1) is 0 Å². The lowest BCUT2D eigenvalue weighted by Gasteiger charge is -2.17. The first kappa shape index (κ1) is 21.4. The van der Waals surface area contributed by atoms with E-state index in [1.165, 1.54) is 48.5 Å². The number of carbonyl (C=O) groups is 3. The number of aromatic carboxylic acids is 1. The molecule has 0 atom stereocenters. The minimum atomic E-state index is -1.37. The Kier molecular flexibility index (Phi) is 5.41. The molecule has 33 heavy (non-hydrogen) atoms. The van der Waals surface area contributed by atoms with Gasteiger partial charge < -0.3 is 30.4 Å². The number of anilines is 1. The SMILES string of the molecule is O=C(O)NCC(=O)Nc1ccc(-c2c3ccc(=O)cc-3oc3cc(O)ccc23)c(C(=O)O)c1. The lowest BCUT2D eigenvalue weighted by Crippen LogP contribution is -2.31. The molecule has 10 heteroatoms. The van der Waals surface area contributed by atoms with Crippen LogP contribution in [0.25, 0.3) is 33.4 Å². The predicted octanol–water partition coefficient (Wildman–Crippen LogP) is 3.17. The molecule has 0 aromatic heterocycles. The van der Waals surface area contributed by atoms with E-state index in [4.69, 9.17) is 9.52 Å². The molecule has 0 saturated carbocycles. The fourth-order valence-electron chi connectivity index (χ4n) is 3.53. The van der Waals surface area contributed by atoms with Crippen molar-refractivity contribution in [3.8, 4) is 28.2 Å². The Labute approximate surface area is 185 Å². The van der Waals surface area contributed by atoms with Crippen molar-refractivity contribution in [3.05, 3.63) is 70.4 Å². The number of rotatable bonds is 5. The molecule has 0 saturated heterocycles. The first-order valence-electron chi connectivity index (χ1n) is 9.57. The first-order chi connectivity index (χ1) is 15.7. The molecule has 4 rings (SSSR count). The number of hydrogen-bond donors (Lipinski definition) is 5. The number of benzene rings is 3. The maximum atomic E-state index is 12.1. The monoisotopic (exact) mass is 448 g/mol. The van der Waals surface area contributed by atoms with E-state index in [0.717, 1.165) is 0 Å². The summed E-state index contributed by atoms with van der Waals surface area (Å²) in [5.74, 6) is -1.80. The van der Waals surface area contributed by atoms with E-state index >= 15 is 0 Å². The molecule has 0 spiro atoms. The Hall–Kier alpha value is -4.86. The first-order valence-corrected chi connectivity index (χ1v) is 9.57. The number of nitrogens with one attached hydrogen (secondary N) is 2. The van der Waals surface area contributed by atoms with E-state index in [0.29, 0.717) is 22.1 Å². The molecular weight excluding hydrogens is 432 g/mol. The molecule has 2 amide bonds. The standard InChI is InChI=1S/C23H16N2O8/c26-12-2-5-15-18(8-12)33-19-9-13(27)3-6-16(19)21(15)14-4-1-11(7-17(14)22(29)30)25-20(28)10-24-23(31)32/h1-9,24,26H,10H2,(H,25,28)(H,29,30)(H,31,32). The summed E-state index contributed by atoms with van der Waals surface area (Å²) in [7, 11) is 0. The second-order valence-corrected chi connectivity index (χ2v) is 7.09. The second-order valence-electron chi connectivity index (χ2n) is 7.09. The Morgan fingerprint density at radius 2 is 1.67 bits per heavy atom. The summed E-state index contributed by atoms with van der Waals surface area (Å²) in [6.45, 7) is -0.504. The van der Waals surface area contributed by atoms with Gasteiger partial charge in [-0.2, -0.15) is 0 Å². The normalized spacial score (nSPS) is 10.8. The molecule has 1 aliphatic heterocycles. The van der Waals surface area contributed by atoms with Crippen molar-refractivity contribution in [2.75, 3.05) is 11.9 Å². The third kappa shape index (κ3) is 4.30. The number of hydrogen-bond acceptors (Lipinski definition) is 6. The van der Waals surface area contributed by atoms with Crippen LogP contribution in [0.2, 0.25) is 0 Å². The summed E-state index contributed by atoms with van der Waals surface area (Å²) in [4.78, 5) is 46.4. The molecule has 2 aromatic carbocycles. The highest BCUT2D eigenvalue weighted by atomic mass is 16.4. The topological polar surface area (TPSA) is 166 Å². The zero-order chi connectivity index (χ0) is 23.7. The molecule has 166 valence electrons. The van der Waals surface area contributed by atoms with Gasteiger partial charge in [-0.3, -0.25) is 9.59 Å². The summed E-state index contributed by atoms with van der Waals surface area (Å²) in [5.41, 5.74) is 1.19. The number of aromatic hydroxyl groups is 1. The summed E-state index contributed by atoms with van der Waals surface area (Å²) < 4.78 is 5.77. The average molecular weight is 448 g/mol. The van der Waals surface area contributed by atoms with Crippen LogP contribution in [0.4, 0.5) is 10.5 Å². The highest BCUT2D eigenvalue weighted by Gasteiger charge is 2.22. The molecule has 0 bridgehead atoms. The molecule has 0 fully saturated rings. The number of phenolic OH excluding ortho intramolecular Hbond substituents is 1. The quantitative estimate of drug-likeness (QED) is 0.290. The fraction of sp³-hybridized carbons (Fsp3) is 0.0435. The molecule has 0 unspecified atom stereocenters. The van der Waals surface area contributed by atoms with Crippen LogP contribution in [0.5, 0.6) is 5.75 Å². The summed E-state index contributed by atoms with van der Waals surface area (Å²) in [5, 5.41) is 33.2. The number of carboxylic acids is 1. The third-order valence-electron chi connectivity index (χ3n) is 4.88. The molecule has 5 N–H and O–H groups in total. The number of phenols is 1. The number of fused-ring (bicyclic) bond motifs is 2. The van der Waals surface area contributed by atoms with Gasteiger partial charge >= 0.3 is 12.1 Å². The van der Waals surface area contributed by atoms with Gasteiger partial charge in [0.2, 0.25) is 5.91 Å². The van der Waals surface area contributed by atoms with E-state index < -0.39 is 24.5 Å². The summed E-state index contributed by atoms with van der Waals surface area (Å²) in [6.07, 6.45) is -1.37. The number of carbonyl (C=O) groups excluding carboxylic acids is 1. The summed E-state index contributed by atoms with van der Waals surface area (Å²) in [6, 6.07) is 12.7. The highest BCUT2D eigenvalue weighted by Crippen LogP contribution is 2.42. The fourth-order valence-corrected chi connectivity index (χ4v) is 3.53. The predicted molar refractivity (Wildman–Crippen MR) is 118 cm³/mol. The smallest absolute Gasteiger partial charge is 0.405 e. The maximum Gasteiger partial charge on any atom is 0.405 e. The van der Waals surface area contributed by atoms with Crippen LogP contribution in [0, 0.1) is 0 Å². The van der Waals surface area contributed by atoms with Crippen LogP contribution in [-0.4, -0.2) is 39.8 Å². The Morgan fingerprint density at radius 1 is 0.909 bits per heavy atom. The van der Waals surface area contributed by atoms with E-state index in [9.17, 15) is 29.4 Å². The van der Waals surface area contributed by atoms with Gasteiger partial charge in [0.05, 0.1) is 5.56 Å². The Morgan fingerprint density at radius 3 is 2.39 bits per heavy atom. The second kappa shape index (κ2) is 8.35. The van der Waals surface area contributed by atoms with Crippen molar-refractivity contribution >= 4 is 34.6 Å². The Balaban J connectivity index is 1.90. The van der Waals surface area contributed by atoms with Crippen LogP contribution < -0.4 is 16.1 Å². The van der Waals surface area contributed by atoms with Gasteiger partial charge in [-0.1, -0.05) is 6.07 Å². The zero-order valence-electron chi connectivity index (χ0n) is 16.8. The van der Waals surface area contributed by atoms with Crippen LogP contribution in [-0.2, 0) is 4.79 Å².